The summed E-state index contributed by atoms with van der Waals surface area (Å²) >= 11 is 0. The smallest absolute Gasteiger partial charge is 0.221 e. The number of ether oxygens (including phenoxy) is 2. The Labute approximate surface area is 147 Å². The average molecular weight is 344 g/mol. The summed E-state index contributed by atoms with van der Waals surface area (Å²) in [5.74, 6) is 0.677. The number of hydrogen-bond donors (Lipinski definition) is 1. The number of hydrogen-bond acceptors (Lipinski definition) is 5. The Balaban J connectivity index is 1.71. The minimum atomic E-state index is -0.102. The number of carbonyl (C=O) groups is 1. The van der Waals surface area contributed by atoms with Gasteiger partial charge >= 0.3 is 0 Å². The van der Waals surface area contributed by atoms with Crippen LogP contribution in [0.25, 0.3) is 11.3 Å². The normalized spacial score (nSPS) is 15.0. The lowest BCUT2D eigenvalue weighted by Gasteiger charge is -2.37. The van der Waals surface area contributed by atoms with Crippen LogP contribution in [0, 0.1) is 0 Å². The van der Waals surface area contributed by atoms with E-state index in [1.165, 1.54) is 6.92 Å². The van der Waals surface area contributed by atoms with E-state index in [0.29, 0.717) is 12.7 Å². The molecular formula is C18H24N4O3. The van der Waals surface area contributed by atoms with Crippen LogP contribution in [0.4, 0.5) is 5.69 Å². The zero-order chi connectivity index (χ0) is 17.8. The zero-order valence-corrected chi connectivity index (χ0v) is 14.9. The number of nitrogens with zero attached hydrogens (tertiary/aromatic N) is 3. The highest BCUT2D eigenvalue weighted by Gasteiger charge is 2.25. The number of aromatic nitrogens is 2. The van der Waals surface area contributed by atoms with E-state index in [2.05, 4.69) is 15.3 Å². The summed E-state index contributed by atoms with van der Waals surface area (Å²) in [6.07, 6.45) is 2.09. The lowest BCUT2D eigenvalue weighted by atomic mass is 10.1. The van der Waals surface area contributed by atoms with Crippen LogP contribution >= 0.6 is 0 Å². The third kappa shape index (κ3) is 4.18. The predicted octanol–water partition coefficient (Wildman–Crippen LogP) is 1.75. The van der Waals surface area contributed by atoms with E-state index in [1.807, 2.05) is 31.3 Å². The Hall–Kier alpha value is -2.38. The van der Waals surface area contributed by atoms with Crippen LogP contribution in [0.3, 0.4) is 0 Å². The third-order valence-corrected chi connectivity index (χ3v) is 4.32. The number of benzene rings is 1. The second kappa shape index (κ2) is 7.67. The molecule has 7 heteroatoms. The number of likely N-dealkylation sites (tertiary alicyclic amines) is 1. The first-order valence-electron chi connectivity index (χ1n) is 8.35. The molecule has 1 saturated heterocycles. The van der Waals surface area contributed by atoms with Gasteiger partial charge in [0.05, 0.1) is 11.8 Å². The van der Waals surface area contributed by atoms with Gasteiger partial charge in [0.15, 0.2) is 0 Å². The van der Waals surface area contributed by atoms with Gasteiger partial charge in [-0.1, -0.05) is 0 Å². The van der Waals surface area contributed by atoms with Gasteiger partial charge in [0.2, 0.25) is 5.91 Å². The summed E-state index contributed by atoms with van der Waals surface area (Å²) in [6.45, 7) is 4.86. The van der Waals surface area contributed by atoms with Crippen LogP contribution in [0.2, 0.25) is 0 Å². The number of amides is 1. The summed E-state index contributed by atoms with van der Waals surface area (Å²) in [5, 5.41) is 7.04. The van der Waals surface area contributed by atoms with Crippen molar-refractivity contribution in [1.82, 2.24) is 14.7 Å². The monoisotopic (exact) mass is 344 g/mol. The molecule has 1 aromatic heterocycles. The van der Waals surface area contributed by atoms with Gasteiger partial charge < -0.3 is 14.8 Å². The molecule has 3 rings (SSSR count). The first-order valence-corrected chi connectivity index (χ1v) is 8.35. The molecule has 7 nitrogen and oxygen atoms in total. The summed E-state index contributed by atoms with van der Waals surface area (Å²) in [5.41, 5.74) is 2.58. The quantitative estimate of drug-likeness (QED) is 0.829. The fraction of sp³-hybridized carbons (Fsp3) is 0.444. The molecule has 0 spiro atoms. The second-order valence-corrected chi connectivity index (χ2v) is 6.20. The van der Waals surface area contributed by atoms with Crippen molar-refractivity contribution in [3.8, 4) is 17.0 Å². The molecule has 1 aliphatic rings. The molecule has 0 bridgehead atoms. The molecule has 1 aliphatic heterocycles. The highest BCUT2D eigenvalue weighted by Crippen LogP contribution is 2.32. The molecule has 2 heterocycles. The van der Waals surface area contributed by atoms with Crippen LogP contribution < -0.4 is 10.1 Å². The Bertz CT molecular complexity index is 738. The van der Waals surface area contributed by atoms with Crippen LogP contribution in [0.15, 0.2) is 30.5 Å². The molecule has 2 aromatic rings. The van der Waals surface area contributed by atoms with E-state index in [1.54, 1.807) is 18.0 Å². The van der Waals surface area contributed by atoms with Crippen molar-refractivity contribution in [2.24, 2.45) is 7.05 Å². The zero-order valence-electron chi connectivity index (χ0n) is 14.9. The van der Waals surface area contributed by atoms with E-state index in [0.717, 1.165) is 42.3 Å². The van der Waals surface area contributed by atoms with Crippen LogP contribution in [-0.2, 0) is 16.6 Å². The molecule has 25 heavy (non-hydrogen) atoms. The maximum atomic E-state index is 11.3. The lowest BCUT2D eigenvalue weighted by Crippen LogP contribution is -2.52. The van der Waals surface area contributed by atoms with Gasteiger partial charge in [-0.25, -0.2) is 0 Å². The van der Waals surface area contributed by atoms with Gasteiger partial charge in [0.1, 0.15) is 12.4 Å². The summed E-state index contributed by atoms with van der Waals surface area (Å²) in [4.78, 5) is 13.6. The third-order valence-electron chi connectivity index (χ3n) is 4.32. The molecule has 0 aliphatic carbocycles. The van der Waals surface area contributed by atoms with Crippen LogP contribution in [0.1, 0.15) is 6.92 Å². The molecular weight excluding hydrogens is 320 g/mol. The fourth-order valence-electron chi connectivity index (χ4n) is 2.91. The maximum Gasteiger partial charge on any atom is 0.221 e. The van der Waals surface area contributed by atoms with Gasteiger partial charge in [-0.3, -0.25) is 14.4 Å². The molecule has 0 unspecified atom stereocenters. The second-order valence-electron chi connectivity index (χ2n) is 6.20. The summed E-state index contributed by atoms with van der Waals surface area (Å²) < 4.78 is 13.1. The van der Waals surface area contributed by atoms with Gasteiger partial charge in [-0.15, -0.1) is 0 Å². The van der Waals surface area contributed by atoms with Crippen molar-refractivity contribution in [3.63, 3.8) is 0 Å². The summed E-state index contributed by atoms with van der Waals surface area (Å²) in [6, 6.07) is 7.58. The van der Waals surface area contributed by atoms with Crippen molar-refractivity contribution in [2.75, 3.05) is 38.7 Å². The van der Waals surface area contributed by atoms with Crippen molar-refractivity contribution in [2.45, 2.75) is 13.0 Å². The van der Waals surface area contributed by atoms with Gasteiger partial charge in [0.25, 0.3) is 0 Å². The van der Waals surface area contributed by atoms with Gasteiger partial charge in [-0.05, 0) is 24.3 Å². The molecule has 0 saturated carbocycles. The summed E-state index contributed by atoms with van der Waals surface area (Å²) in [7, 11) is 3.63. The number of aryl methyl sites for hydroxylation is 1. The SMILES string of the molecule is COC1CN(CCOc2ccc(NC(C)=O)cc2-c2ccnn2C)C1. The van der Waals surface area contributed by atoms with Crippen molar-refractivity contribution >= 4 is 11.6 Å². The maximum absolute atomic E-state index is 11.3. The minimum Gasteiger partial charge on any atom is -0.492 e. The molecule has 134 valence electrons. The van der Waals surface area contributed by atoms with Crippen LogP contribution in [-0.4, -0.2) is 60.0 Å². The fourth-order valence-corrected chi connectivity index (χ4v) is 2.91. The van der Waals surface area contributed by atoms with Gasteiger partial charge in [0, 0.05) is 58.2 Å². The molecule has 0 radical (unpaired) electrons. The van der Waals surface area contributed by atoms with E-state index >= 15 is 0 Å². The first kappa shape index (κ1) is 17.4. The largest absolute Gasteiger partial charge is 0.492 e. The van der Waals surface area contributed by atoms with Crippen molar-refractivity contribution < 1.29 is 14.3 Å². The van der Waals surface area contributed by atoms with E-state index in [4.69, 9.17) is 9.47 Å². The number of nitrogens with one attached hydrogen (secondary N) is 1. The molecule has 1 amide bonds. The lowest BCUT2D eigenvalue weighted by molar-refractivity contribution is -0.114. The van der Waals surface area contributed by atoms with Crippen molar-refractivity contribution in [1.29, 1.82) is 0 Å². The molecule has 1 fully saturated rings. The van der Waals surface area contributed by atoms with Crippen LogP contribution in [0.5, 0.6) is 5.75 Å². The van der Waals surface area contributed by atoms with E-state index < -0.39 is 0 Å². The number of methoxy groups -OCH3 is 1. The van der Waals surface area contributed by atoms with Gasteiger partial charge in [-0.2, -0.15) is 5.10 Å². The Morgan fingerprint density at radius 2 is 2.16 bits per heavy atom. The van der Waals surface area contributed by atoms with Crippen molar-refractivity contribution in [3.05, 3.63) is 30.5 Å². The Morgan fingerprint density at radius 3 is 2.80 bits per heavy atom. The molecule has 1 N–H and O–H groups in total. The standard InChI is InChI=1S/C18H24N4O3/c1-13(23)20-14-4-5-18(16(10-14)17-6-7-19-21(17)2)25-9-8-22-11-15(12-22)24-3/h4-7,10,15H,8-9,11-12H2,1-3H3,(H,20,23). The topological polar surface area (TPSA) is 68.6 Å². The molecule has 1 aromatic carbocycles. The number of rotatable bonds is 7. The van der Waals surface area contributed by atoms with E-state index in [-0.39, 0.29) is 5.91 Å². The number of carbonyl (C=O) groups excluding carboxylic acids is 1. The Morgan fingerprint density at radius 1 is 1.36 bits per heavy atom. The first-order chi connectivity index (χ1) is 12.1. The predicted molar refractivity (Wildman–Crippen MR) is 95.7 cm³/mol. The minimum absolute atomic E-state index is 0.102. The Kier molecular flexibility index (Phi) is 5.35. The highest BCUT2D eigenvalue weighted by atomic mass is 16.5. The average Bonchev–Trinajstić information content (AvgIpc) is 2.96. The number of anilines is 1. The molecule has 0 atom stereocenters. The highest BCUT2D eigenvalue weighted by molar-refractivity contribution is 5.90. The van der Waals surface area contributed by atoms with E-state index in [9.17, 15) is 4.79 Å².